The highest BCUT2D eigenvalue weighted by Gasteiger charge is 2.29. The van der Waals surface area contributed by atoms with Crippen molar-refractivity contribution in [2.75, 3.05) is 32.8 Å². The Balaban J connectivity index is 2.32. The predicted molar refractivity (Wildman–Crippen MR) is 59.8 cm³/mol. The Labute approximate surface area is 92.0 Å². The summed E-state index contributed by atoms with van der Waals surface area (Å²) in [6, 6.07) is 0. The summed E-state index contributed by atoms with van der Waals surface area (Å²) >= 11 is 0. The van der Waals surface area contributed by atoms with E-state index in [1.807, 2.05) is 18.7 Å². The van der Waals surface area contributed by atoms with E-state index < -0.39 is 0 Å². The molecular weight excluding hydrogens is 192 g/mol. The monoisotopic (exact) mass is 214 g/mol. The standard InChI is InChI=1S/C11H22N2O2/c1-4-13(5-2)10(14)8-12-11(3)6-7-15-9-11/h12H,4-9H2,1-3H3. The summed E-state index contributed by atoms with van der Waals surface area (Å²) in [5.74, 6) is 0.174. The molecule has 0 aromatic heterocycles. The van der Waals surface area contributed by atoms with Crippen molar-refractivity contribution in [2.24, 2.45) is 0 Å². The first-order valence-corrected chi connectivity index (χ1v) is 5.72. The molecule has 1 rings (SSSR count). The number of ether oxygens (including phenoxy) is 1. The topological polar surface area (TPSA) is 41.6 Å². The summed E-state index contributed by atoms with van der Waals surface area (Å²) in [7, 11) is 0. The SMILES string of the molecule is CCN(CC)C(=O)CNC1(C)CCOC1. The lowest BCUT2D eigenvalue weighted by Crippen LogP contribution is -2.48. The van der Waals surface area contributed by atoms with E-state index in [1.54, 1.807) is 0 Å². The van der Waals surface area contributed by atoms with E-state index in [0.29, 0.717) is 13.2 Å². The van der Waals surface area contributed by atoms with Gasteiger partial charge in [0.25, 0.3) is 0 Å². The molecule has 15 heavy (non-hydrogen) atoms. The first-order valence-electron chi connectivity index (χ1n) is 5.72. The number of hydrogen-bond acceptors (Lipinski definition) is 3. The van der Waals surface area contributed by atoms with Crippen molar-refractivity contribution < 1.29 is 9.53 Å². The number of likely N-dealkylation sites (N-methyl/N-ethyl adjacent to an activating group) is 1. The van der Waals surface area contributed by atoms with Crippen LogP contribution in [0.25, 0.3) is 0 Å². The fourth-order valence-electron chi connectivity index (χ4n) is 1.78. The molecule has 0 spiro atoms. The third kappa shape index (κ3) is 3.47. The lowest BCUT2D eigenvalue weighted by Gasteiger charge is -2.26. The quantitative estimate of drug-likeness (QED) is 0.729. The van der Waals surface area contributed by atoms with Crippen molar-refractivity contribution in [3.63, 3.8) is 0 Å². The van der Waals surface area contributed by atoms with E-state index in [-0.39, 0.29) is 11.4 Å². The number of amides is 1. The molecule has 0 aliphatic carbocycles. The van der Waals surface area contributed by atoms with Gasteiger partial charge in [-0.15, -0.1) is 0 Å². The van der Waals surface area contributed by atoms with Crippen molar-refractivity contribution in [1.82, 2.24) is 10.2 Å². The van der Waals surface area contributed by atoms with Gasteiger partial charge in [0.2, 0.25) is 5.91 Å². The highest BCUT2D eigenvalue weighted by atomic mass is 16.5. The van der Waals surface area contributed by atoms with Crippen LogP contribution in [0.4, 0.5) is 0 Å². The first kappa shape index (κ1) is 12.5. The maximum Gasteiger partial charge on any atom is 0.236 e. The molecule has 1 atom stereocenters. The molecule has 0 saturated carbocycles. The number of hydrogen-bond donors (Lipinski definition) is 1. The van der Waals surface area contributed by atoms with Gasteiger partial charge in [-0.05, 0) is 27.2 Å². The molecule has 1 amide bonds. The Morgan fingerprint density at radius 3 is 2.60 bits per heavy atom. The highest BCUT2D eigenvalue weighted by Crippen LogP contribution is 2.16. The molecule has 0 radical (unpaired) electrons. The van der Waals surface area contributed by atoms with Crippen LogP contribution in [0.5, 0.6) is 0 Å². The molecule has 88 valence electrons. The largest absolute Gasteiger partial charge is 0.379 e. The summed E-state index contributed by atoms with van der Waals surface area (Å²) in [6.07, 6.45) is 0.985. The minimum Gasteiger partial charge on any atom is -0.379 e. The van der Waals surface area contributed by atoms with Gasteiger partial charge >= 0.3 is 0 Å². The second-order valence-corrected chi connectivity index (χ2v) is 4.28. The average Bonchev–Trinajstić information content (AvgIpc) is 2.65. The van der Waals surface area contributed by atoms with Gasteiger partial charge in [-0.25, -0.2) is 0 Å². The molecule has 0 bridgehead atoms. The summed E-state index contributed by atoms with van der Waals surface area (Å²) in [5.41, 5.74) is -0.0111. The maximum atomic E-state index is 11.7. The van der Waals surface area contributed by atoms with Crippen LogP contribution in [-0.2, 0) is 9.53 Å². The predicted octanol–water partition coefficient (Wildman–Crippen LogP) is 0.623. The van der Waals surface area contributed by atoms with E-state index >= 15 is 0 Å². The smallest absolute Gasteiger partial charge is 0.236 e. The van der Waals surface area contributed by atoms with Crippen LogP contribution in [0.1, 0.15) is 27.2 Å². The minimum absolute atomic E-state index is 0.0111. The van der Waals surface area contributed by atoms with Crippen LogP contribution in [-0.4, -0.2) is 49.2 Å². The molecule has 0 aromatic carbocycles. The van der Waals surface area contributed by atoms with Gasteiger partial charge in [0.05, 0.1) is 13.2 Å². The van der Waals surface area contributed by atoms with Gasteiger partial charge in [0, 0.05) is 25.2 Å². The van der Waals surface area contributed by atoms with Crippen molar-refractivity contribution in [3.05, 3.63) is 0 Å². The Hall–Kier alpha value is -0.610. The summed E-state index contributed by atoms with van der Waals surface area (Å²) in [5, 5.41) is 3.29. The van der Waals surface area contributed by atoms with Crippen molar-refractivity contribution >= 4 is 5.91 Å². The molecular formula is C11H22N2O2. The van der Waals surface area contributed by atoms with Crippen LogP contribution in [0, 0.1) is 0 Å². The number of nitrogens with one attached hydrogen (secondary N) is 1. The number of carbonyl (C=O) groups excluding carboxylic acids is 1. The van der Waals surface area contributed by atoms with Gasteiger partial charge in [0.15, 0.2) is 0 Å². The van der Waals surface area contributed by atoms with Crippen molar-refractivity contribution in [3.8, 4) is 0 Å². The Bertz CT molecular complexity index is 209. The van der Waals surface area contributed by atoms with Gasteiger partial charge in [-0.3, -0.25) is 4.79 Å². The number of rotatable bonds is 5. The second-order valence-electron chi connectivity index (χ2n) is 4.28. The first-order chi connectivity index (χ1) is 7.11. The summed E-state index contributed by atoms with van der Waals surface area (Å²) < 4.78 is 5.32. The Kier molecular flexibility index (Phi) is 4.54. The zero-order valence-corrected chi connectivity index (χ0v) is 10.0. The van der Waals surface area contributed by atoms with Crippen LogP contribution < -0.4 is 5.32 Å². The fourth-order valence-corrected chi connectivity index (χ4v) is 1.78. The fraction of sp³-hybridized carbons (Fsp3) is 0.909. The van der Waals surface area contributed by atoms with Crippen LogP contribution in [0.2, 0.25) is 0 Å². The van der Waals surface area contributed by atoms with Gasteiger partial charge in [-0.2, -0.15) is 0 Å². The van der Waals surface area contributed by atoms with E-state index in [0.717, 1.165) is 26.1 Å². The Morgan fingerprint density at radius 2 is 2.13 bits per heavy atom. The van der Waals surface area contributed by atoms with E-state index in [4.69, 9.17) is 4.74 Å². The molecule has 1 N–H and O–H groups in total. The molecule has 0 aromatic rings. The summed E-state index contributed by atoms with van der Waals surface area (Å²) in [4.78, 5) is 13.6. The lowest BCUT2D eigenvalue weighted by atomic mass is 10.0. The highest BCUT2D eigenvalue weighted by molar-refractivity contribution is 5.78. The average molecular weight is 214 g/mol. The molecule has 1 unspecified atom stereocenters. The summed E-state index contributed by atoms with van der Waals surface area (Å²) in [6.45, 7) is 9.59. The minimum atomic E-state index is -0.0111. The van der Waals surface area contributed by atoms with Crippen molar-refractivity contribution in [2.45, 2.75) is 32.7 Å². The molecule has 1 heterocycles. The third-order valence-corrected chi connectivity index (χ3v) is 3.00. The van der Waals surface area contributed by atoms with E-state index in [2.05, 4.69) is 12.2 Å². The third-order valence-electron chi connectivity index (χ3n) is 3.00. The van der Waals surface area contributed by atoms with E-state index in [1.165, 1.54) is 0 Å². The molecule has 1 aliphatic heterocycles. The van der Waals surface area contributed by atoms with Crippen LogP contribution >= 0.6 is 0 Å². The van der Waals surface area contributed by atoms with Gasteiger partial charge < -0.3 is 15.0 Å². The van der Waals surface area contributed by atoms with Gasteiger partial charge in [-0.1, -0.05) is 0 Å². The molecule has 4 heteroatoms. The molecule has 1 fully saturated rings. The zero-order valence-electron chi connectivity index (χ0n) is 10.0. The van der Waals surface area contributed by atoms with E-state index in [9.17, 15) is 4.79 Å². The van der Waals surface area contributed by atoms with Crippen LogP contribution in [0.3, 0.4) is 0 Å². The maximum absolute atomic E-state index is 11.7. The molecule has 4 nitrogen and oxygen atoms in total. The number of nitrogens with zero attached hydrogens (tertiary/aromatic N) is 1. The van der Waals surface area contributed by atoms with Gasteiger partial charge in [0.1, 0.15) is 0 Å². The molecule has 1 saturated heterocycles. The second kappa shape index (κ2) is 5.47. The molecule has 1 aliphatic rings. The van der Waals surface area contributed by atoms with Crippen LogP contribution in [0.15, 0.2) is 0 Å². The Morgan fingerprint density at radius 1 is 1.47 bits per heavy atom. The van der Waals surface area contributed by atoms with Crippen molar-refractivity contribution in [1.29, 1.82) is 0 Å². The number of carbonyl (C=O) groups is 1. The lowest BCUT2D eigenvalue weighted by molar-refractivity contribution is -0.130. The normalized spacial score (nSPS) is 25.5. The zero-order chi connectivity index (χ0) is 11.3.